The van der Waals surface area contributed by atoms with E-state index >= 15 is 4.39 Å². The molecule has 0 bridgehead atoms. The van der Waals surface area contributed by atoms with Gasteiger partial charge in [0.1, 0.15) is 23.2 Å². The molecule has 1 saturated heterocycles. The number of hydrazine groups is 1. The lowest BCUT2D eigenvalue weighted by Crippen LogP contribution is -2.52. The van der Waals surface area contributed by atoms with Crippen LogP contribution in [0.3, 0.4) is 0 Å². The SMILES string of the molecule is COc1cc(C(=O)NN2CCN(C)CC2)c(F)cc1Nc1ncc(C(F)(F)F)c(O[C@@H]2CCC[C@H]2N(C)S(C)(=O)=O)n1. The molecular weight excluding hydrogens is 586 g/mol. The zero-order valence-corrected chi connectivity index (χ0v) is 24.4. The van der Waals surface area contributed by atoms with Gasteiger partial charge in [0, 0.05) is 45.5 Å². The number of likely N-dealkylation sites (N-methyl/N-ethyl adjacent to an activating group) is 2. The number of carbonyl (C=O) groups excluding carboxylic acids is 1. The third-order valence-electron chi connectivity index (χ3n) is 7.27. The van der Waals surface area contributed by atoms with Gasteiger partial charge in [0.15, 0.2) is 0 Å². The summed E-state index contributed by atoms with van der Waals surface area (Å²) in [4.78, 5) is 22.5. The fraction of sp³-hybridized carbons (Fsp3) is 0.560. The number of sulfonamides is 1. The Morgan fingerprint density at radius 1 is 1.17 bits per heavy atom. The van der Waals surface area contributed by atoms with Gasteiger partial charge in [0.25, 0.3) is 5.91 Å². The summed E-state index contributed by atoms with van der Waals surface area (Å²) < 4.78 is 92.6. The van der Waals surface area contributed by atoms with Gasteiger partial charge >= 0.3 is 6.18 Å². The van der Waals surface area contributed by atoms with Gasteiger partial charge in [-0.15, -0.1) is 0 Å². The summed E-state index contributed by atoms with van der Waals surface area (Å²) in [6, 6.07) is 1.42. The highest BCUT2D eigenvalue weighted by Crippen LogP contribution is 2.38. The summed E-state index contributed by atoms with van der Waals surface area (Å²) in [6.07, 6.45) is -2.98. The van der Waals surface area contributed by atoms with Crippen molar-refractivity contribution in [3.8, 4) is 11.6 Å². The van der Waals surface area contributed by atoms with Gasteiger partial charge in [-0.3, -0.25) is 10.2 Å². The number of nitrogens with one attached hydrogen (secondary N) is 2. The van der Waals surface area contributed by atoms with Crippen LogP contribution in [0.1, 0.15) is 35.2 Å². The maximum atomic E-state index is 15.1. The number of methoxy groups -OCH3 is 1. The molecule has 2 atom stereocenters. The van der Waals surface area contributed by atoms with Crippen molar-refractivity contribution in [2.45, 2.75) is 37.6 Å². The minimum absolute atomic E-state index is 0.0107. The fourth-order valence-electron chi connectivity index (χ4n) is 4.80. The van der Waals surface area contributed by atoms with E-state index < -0.39 is 51.5 Å². The third kappa shape index (κ3) is 7.37. The molecule has 4 rings (SSSR count). The van der Waals surface area contributed by atoms with Crippen molar-refractivity contribution >= 4 is 27.6 Å². The third-order valence-corrected chi connectivity index (χ3v) is 8.59. The normalized spacial score (nSPS) is 20.5. The van der Waals surface area contributed by atoms with E-state index in [2.05, 4.69) is 25.6 Å². The lowest BCUT2D eigenvalue weighted by molar-refractivity contribution is -0.140. The topological polar surface area (TPSA) is 129 Å². The Hall–Kier alpha value is -3.28. The number of amides is 1. The first-order chi connectivity index (χ1) is 19.7. The summed E-state index contributed by atoms with van der Waals surface area (Å²) in [5.74, 6) is -2.76. The molecule has 0 unspecified atom stereocenters. The molecule has 2 heterocycles. The molecule has 1 aliphatic heterocycles. The standard InChI is InChI=1S/C25H33F4N7O5S/c1-34-8-10-36(11-9-34)33-22(37)15-12-21(40-3)18(13-17(15)26)31-24-30-14-16(25(27,28)29)23(32-24)41-20-7-5-6-19(20)35(2)42(4,38)39/h12-14,19-20H,5-11H2,1-4H3,(H,33,37)(H,30,31,32)/t19-,20-/m1/s1. The number of rotatable bonds is 9. The van der Waals surface area contributed by atoms with Gasteiger partial charge in [-0.1, -0.05) is 0 Å². The van der Waals surface area contributed by atoms with E-state index in [4.69, 9.17) is 9.47 Å². The summed E-state index contributed by atoms with van der Waals surface area (Å²) in [7, 11) is 0.946. The lowest BCUT2D eigenvalue weighted by atomic mass is 10.1. The highest BCUT2D eigenvalue weighted by atomic mass is 32.2. The van der Waals surface area contributed by atoms with Crippen molar-refractivity contribution in [3.05, 3.63) is 35.3 Å². The Kier molecular flexibility index (Phi) is 9.44. The van der Waals surface area contributed by atoms with Crippen LogP contribution in [0.4, 0.5) is 29.2 Å². The van der Waals surface area contributed by atoms with E-state index in [-0.39, 0.29) is 22.9 Å². The monoisotopic (exact) mass is 619 g/mol. The first-order valence-corrected chi connectivity index (χ1v) is 14.9. The van der Waals surface area contributed by atoms with Crippen molar-refractivity contribution in [2.75, 3.05) is 59.0 Å². The predicted octanol–water partition coefficient (Wildman–Crippen LogP) is 2.47. The number of halogens is 4. The highest BCUT2D eigenvalue weighted by molar-refractivity contribution is 7.88. The van der Waals surface area contributed by atoms with Crippen LogP contribution in [0.15, 0.2) is 18.3 Å². The zero-order chi connectivity index (χ0) is 30.8. The van der Waals surface area contributed by atoms with E-state index in [1.165, 1.54) is 14.2 Å². The van der Waals surface area contributed by atoms with Gasteiger partial charge in [-0.2, -0.15) is 22.5 Å². The molecule has 1 saturated carbocycles. The molecule has 232 valence electrons. The van der Waals surface area contributed by atoms with Crippen LogP contribution >= 0.6 is 0 Å². The minimum atomic E-state index is -4.87. The van der Waals surface area contributed by atoms with Gasteiger partial charge in [-0.25, -0.2) is 22.8 Å². The van der Waals surface area contributed by atoms with Crippen LogP contribution in [0.2, 0.25) is 0 Å². The quantitative estimate of drug-likeness (QED) is 0.404. The maximum Gasteiger partial charge on any atom is 0.423 e. The molecule has 17 heteroatoms. The Balaban J connectivity index is 1.58. The molecule has 2 fully saturated rings. The molecule has 2 aliphatic rings. The number of piperazine rings is 1. The van der Waals surface area contributed by atoms with Crippen molar-refractivity contribution in [2.24, 2.45) is 0 Å². The molecule has 1 aliphatic carbocycles. The average Bonchev–Trinajstić information content (AvgIpc) is 3.36. The van der Waals surface area contributed by atoms with Crippen LogP contribution in [0.5, 0.6) is 11.6 Å². The maximum absolute atomic E-state index is 15.1. The summed E-state index contributed by atoms with van der Waals surface area (Å²) in [5, 5.41) is 4.31. The van der Waals surface area contributed by atoms with E-state index in [0.717, 1.165) is 35.8 Å². The van der Waals surface area contributed by atoms with Gasteiger partial charge in [0.05, 0.1) is 30.7 Å². The van der Waals surface area contributed by atoms with Crippen LogP contribution in [0, 0.1) is 5.82 Å². The van der Waals surface area contributed by atoms with Gasteiger partial charge < -0.3 is 19.7 Å². The number of aromatic nitrogens is 2. The number of ether oxygens (including phenoxy) is 2. The second-order valence-corrected chi connectivity index (χ2v) is 12.3. The molecule has 2 aromatic rings. The minimum Gasteiger partial charge on any atom is -0.495 e. The molecule has 42 heavy (non-hydrogen) atoms. The molecule has 1 amide bonds. The zero-order valence-electron chi connectivity index (χ0n) is 23.5. The smallest absolute Gasteiger partial charge is 0.423 e. The molecular formula is C25H33F4N7O5S. The summed E-state index contributed by atoms with van der Waals surface area (Å²) >= 11 is 0. The first-order valence-electron chi connectivity index (χ1n) is 13.1. The van der Waals surface area contributed by atoms with Crippen molar-refractivity contribution in [1.29, 1.82) is 0 Å². The number of anilines is 2. The summed E-state index contributed by atoms with van der Waals surface area (Å²) in [5.41, 5.74) is 1.06. The molecule has 0 radical (unpaired) electrons. The fourth-order valence-corrected chi connectivity index (χ4v) is 5.53. The van der Waals surface area contributed by atoms with Gasteiger partial charge in [0.2, 0.25) is 21.9 Å². The van der Waals surface area contributed by atoms with Crippen LogP contribution in [-0.4, -0.2) is 104 Å². The molecule has 12 nitrogen and oxygen atoms in total. The van der Waals surface area contributed by atoms with Crippen LogP contribution in [0.25, 0.3) is 0 Å². The Labute approximate surface area is 241 Å². The van der Waals surface area contributed by atoms with Crippen molar-refractivity contribution in [3.63, 3.8) is 0 Å². The summed E-state index contributed by atoms with van der Waals surface area (Å²) in [6.45, 7) is 2.57. The Morgan fingerprint density at radius 3 is 2.48 bits per heavy atom. The molecule has 2 N–H and O–H groups in total. The Morgan fingerprint density at radius 2 is 1.86 bits per heavy atom. The van der Waals surface area contributed by atoms with E-state index in [1.807, 2.05) is 7.05 Å². The van der Waals surface area contributed by atoms with Crippen LogP contribution < -0.4 is 20.2 Å². The number of alkyl halides is 3. The number of hydrogen-bond donors (Lipinski definition) is 2. The van der Waals surface area contributed by atoms with E-state index in [9.17, 15) is 26.4 Å². The van der Waals surface area contributed by atoms with Gasteiger partial charge in [-0.05, 0) is 32.4 Å². The predicted molar refractivity (Wildman–Crippen MR) is 144 cm³/mol. The molecule has 1 aromatic carbocycles. The van der Waals surface area contributed by atoms with E-state index in [1.54, 1.807) is 5.01 Å². The van der Waals surface area contributed by atoms with Crippen molar-refractivity contribution in [1.82, 2.24) is 29.6 Å². The number of benzene rings is 1. The molecule has 1 aromatic heterocycles. The molecule has 0 spiro atoms. The largest absolute Gasteiger partial charge is 0.495 e. The number of nitrogens with zero attached hydrogens (tertiary/aromatic N) is 5. The number of hydrogen-bond acceptors (Lipinski definition) is 10. The Bertz CT molecular complexity index is 1400. The average molecular weight is 620 g/mol. The first kappa shape index (κ1) is 31.7. The van der Waals surface area contributed by atoms with Crippen molar-refractivity contribution < 1.29 is 40.2 Å². The lowest BCUT2D eigenvalue weighted by Gasteiger charge is -2.32. The highest BCUT2D eigenvalue weighted by Gasteiger charge is 2.40. The van der Waals surface area contributed by atoms with E-state index in [0.29, 0.717) is 38.5 Å². The number of carbonyl (C=O) groups is 1. The second-order valence-electron chi connectivity index (χ2n) is 10.2. The second kappa shape index (κ2) is 12.5. The van der Waals surface area contributed by atoms with Crippen LogP contribution in [-0.2, 0) is 16.2 Å².